The molecule has 3 heteroatoms. The first-order valence-corrected chi connectivity index (χ1v) is 8.36. The molecule has 0 heterocycles. The van der Waals surface area contributed by atoms with Crippen LogP contribution in [-0.4, -0.2) is 0 Å². The highest BCUT2D eigenvalue weighted by atomic mass is 19.1. The second-order valence-corrected chi connectivity index (χ2v) is 7.04. The Hall–Kier alpha value is -3.43. The van der Waals surface area contributed by atoms with E-state index < -0.39 is 5.82 Å². The molecule has 0 spiro atoms. The molecule has 0 aliphatic heterocycles. The van der Waals surface area contributed by atoms with Gasteiger partial charge in [-0.05, 0) is 46.0 Å². The van der Waals surface area contributed by atoms with Gasteiger partial charge in [-0.25, -0.2) is 4.39 Å². The summed E-state index contributed by atoms with van der Waals surface area (Å²) in [6.45, 7) is 4.31. The van der Waals surface area contributed by atoms with Crippen LogP contribution in [0, 0.1) is 28.5 Å². The summed E-state index contributed by atoms with van der Waals surface area (Å²) in [4.78, 5) is 0. The van der Waals surface area contributed by atoms with E-state index in [-0.39, 0.29) is 22.1 Å². The van der Waals surface area contributed by atoms with Gasteiger partial charge in [-0.2, -0.15) is 10.5 Å². The van der Waals surface area contributed by atoms with E-state index in [1.54, 1.807) is 0 Å². The van der Waals surface area contributed by atoms with Crippen LogP contribution in [0.1, 0.15) is 36.1 Å². The van der Waals surface area contributed by atoms with Crippen molar-refractivity contribution in [2.45, 2.75) is 19.3 Å². The minimum absolute atomic E-state index is 0.109. The molecule has 0 aromatic heterocycles. The summed E-state index contributed by atoms with van der Waals surface area (Å²) in [6, 6.07) is 20.8. The van der Waals surface area contributed by atoms with Gasteiger partial charge in [-0.1, -0.05) is 50.2 Å². The molecule has 3 aromatic rings. The van der Waals surface area contributed by atoms with Gasteiger partial charge in [0.05, 0.1) is 17.2 Å². The van der Waals surface area contributed by atoms with Crippen molar-refractivity contribution in [3.8, 4) is 34.4 Å². The number of hydrogen-bond acceptors (Lipinski definition) is 2. The fraction of sp³-hybridized carbons (Fsp3) is 0.130. The predicted octanol–water partition coefficient (Wildman–Crippen LogP) is 5.54. The van der Waals surface area contributed by atoms with E-state index in [0.29, 0.717) is 5.56 Å². The van der Waals surface area contributed by atoms with Crippen LogP contribution in [0.2, 0.25) is 0 Å². The van der Waals surface area contributed by atoms with Gasteiger partial charge < -0.3 is 0 Å². The highest BCUT2D eigenvalue weighted by Crippen LogP contribution is 2.49. The van der Waals surface area contributed by atoms with Crippen LogP contribution in [0.15, 0.2) is 54.6 Å². The Labute approximate surface area is 151 Å². The lowest BCUT2D eigenvalue weighted by Gasteiger charge is -2.22. The number of benzene rings is 3. The Kier molecular flexibility index (Phi) is 3.43. The summed E-state index contributed by atoms with van der Waals surface area (Å²) in [5.41, 5.74) is 5.65. The molecule has 0 radical (unpaired) electrons. The lowest BCUT2D eigenvalue weighted by molar-refractivity contribution is 0.627. The minimum Gasteiger partial charge on any atom is -0.205 e. The maximum atomic E-state index is 14.8. The molecule has 0 atom stereocenters. The standard InChI is InChI=1S/C23H15FN2/c1-23(2)20-6-4-3-5-17(20)18-8-7-15(11-21(18)23)19-10-14(12-25)9-16(13-26)22(19)24/h3-11H,1-2H3. The van der Waals surface area contributed by atoms with Crippen LogP contribution >= 0.6 is 0 Å². The average molecular weight is 338 g/mol. The van der Waals surface area contributed by atoms with Crippen LogP contribution in [0.3, 0.4) is 0 Å². The Balaban J connectivity index is 1.96. The van der Waals surface area contributed by atoms with Gasteiger partial charge in [0.2, 0.25) is 0 Å². The number of hydrogen-bond donors (Lipinski definition) is 0. The Morgan fingerprint density at radius 1 is 0.808 bits per heavy atom. The molecule has 0 saturated heterocycles. The molecular formula is C23H15FN2. The van der Waals surface area contributed by atoms with Crippen molar-refractivity contribution in [1.82, 2.24) is 0 Å². The minimum atomic E-state index is -0.584. The zero-order chi connectivity index (χ0) is 18.5. The molecule has 0 amide bonds. The van der Waals surface area contributed by atoms with Crippen molar-refractivity contribution in [3.05, 3.63) is 82.7 Å². The zero-order valence-electron chi connectivity index (χ0n) is 14.5. The van der Waals surface area contributed by atoms with Crippen LogP contribution in [-0.2, 0) is 5.41 Å². The monoisotopic (exact) mass is 338 g/mol. The number of nitriles is 2. The highest BCUT2D eigenvalue weighted by Gasteiger charge is 2.35. The van der Waals surface area contributed by atoms with Crippen molar-refractivity contribution in [2.75, 3.05) is 0 Å². The van der Waals surface area contributed by atoms with E-state index in [9.17, 15) is 9.65 Å². The lowest BCUT2D eigenvalue weighted by Crippen LogP contribution is -2.14. The van der Waals surface area contributed by atoms with E-state index in [4.69, 9.17) is 5.26 Å². The third-order valence-electron chi connectivity index (χ3n) is 5.22. The molecule has 26 heavy (non-hydrogen) atoms. The molecule has 1 aliphatic rings. The first-order chi connectivity index (χ1) is 12.5. The molecule has 0 saturated carbocycles. The molecule has 3 aromatic carbocycles. The van der Waals surface area contributed by atoms with Crippen LogP contribution in [0.25, 0.3) is 22.3 Å². The van der Waals surface area contributed by atoms with Crippen molar-refractivity contribution < 1.29 is 4.39 Å². The van der Waals surface area contributed by atoms with Gasteiger partial charge in [0, 0.05) is 11.0 Å². The molecule has 4 rings (SSSR count). The van der Waals surface area contributed by atoms with E-state index >= 15 is 0 Å². The quantitative estimate of drug-likeness (QED) is 0.584. The molecule has 0 N–H and O–H groups in total. The summed E-state index contributed by atoms with van der Waals surface area (Å²) in [7, 11) is 0. The summed E-state index contributed by atoms with van der Waals surface area (Å²) < 4.78 is 14.8. The van der Waals surface area contributed by atoms with Gasteiger partial charge in [0.1, 0.15) is 11.9 Å². The zero-order valence-corrected chi connectivity index (χ0v) is 14.5. The summed E-state index contributed by atoms with van der Waals surface area (Å²) in [6.07, 6.45) is 0. The smallest absolute Gasteiger partial charge is 0.148 e. The van der Waals surface area contributed by atoms with Crippen LogP contribution in [0.5, 0.6) is 0 Å². The second kappa shape index (κ2) is 5.55. The molecule has 0 fully saturated rings. The molecule has 124 valence electrons. The van der Waals surface area contributed by atoms with E-state index in [1.165, 1.54) is 23.3 Å². The number of fused-ring (bicyclic) bond motifs is 3. The van der Waals surface area contributed by atoms with Gasteiger partial charge >= 0.3 is 0 Å². The Bertz CT molecular complexity index is 1140. The molecule has 1 aliphatic carbocycles. The van der Waals surface area contributed by atoms with Crippen LogP contribution < -0.4 is 0 Å². The van der Waals surface area contributed by atoms with Crippen molar-refractivity contribution in [1.29, 1.82) is 10.5 Å². The van der Waals surface area contributed by atoms with Gasteiger partial charge in [-0.3, -0.25) is 0 Å². The molecular weight excluding hydrogens is 323 g/mol. The SMILES string of the molecule is CC1(C)c2ccccc2-c2ccc(-c3cc(C#N)cc(C#N)c3F)cc21. The largest absolute Gasteiger partial charge is 0.205 e. The molecule has 0 bridgehead atoms. The normalized spacial score (nSPS) is 13.4. The third-order valence-corrected chi connectivity index (χ3v) is 5.22. The maximum Gasteiger partial charge on any atom is 0.148 e. The molecule has 0 unspecified atom stereocenters. The summed E-state index contributed by atoms with van der Waals surface area (Å²) >= 11 is 0. The van der Waals surface area contributed by atoms with Crippen LogP contribution in [0.4, 0.5) is 4.39 Å². The average Bonchev–Trinajstić information content (AvgIpc) is 2.89. The maximum absolute atomic E-state index is 14.8. The fourth-order valence-electron chi connectivity index (χ4n) is 3.85. The number of rotatable bonds is 1. The fourth-order valence-corrected chi connectivity index (χ4v) is 3.85. The van der Waals surface area contributed by atoms with Gasteiger partial charge in [0.25, 0.3) is 0 Å². The van der Waals surface area contributed by atoms with Crippen molar-refractivity contribution >= 4 is 0 Å². The van der Waals surface area contributed by atoms with Crippen molar-refractivity contribution in [3.63, 3.8) is 0 Å². The van der Waals surface area contributed by atoms with E-state index in [1.807, 2.05) is 42.5 Å². The predicted molar refractivity (Wildman–Crippen MR) is 98.8 cm³/mol. The Morgan fingerprint density at radius 3 is 2.27 bits per heavy atom. The Morgan fingerprint density at radius 2 is 1.54 bits per heavy atom. The van der Waals surface area contributed by atoms with Gasteiger partial charge in [-0.15, -0.1) is 0 Å². The van der Waals surface area contributed by atoms with Crippen molar-refractivity contribution in [2.24, 2.45) is 0 Å². The highest BCUT2D eigenvalue weighted by molar-refractivity contribution is 5.83. The first kappa shape index (κ1) is 16.1. The lowest BCUT2D eigenvalue weighted by atomic mass is 9.81. The van der Waals surface area contributed by atoms with E-state index in [0.717, 1.165) is 11.1 Å². The van der Waals surface area contributed by atoms with Gasteiger partial charge in [0.15, 0.2) is 0 Å². The summed E-state index contributed by atoms with van der Waals surface area (Å²) in [5.74, 6) is -0.584. The first-order valence-electron chi connectivity index (χ1n) is 8.36. The topological polar surface area (TPSA) is 47.6 Å². The van der Waals surface area contributed by atoms with E-state index in [2.05, 4.69) is 26.0 Å². The number of nitrogens with zero attached hydrogens (tertiary/aromatic N) is 2. The number of halogens is 1. The third kappa shape index (κ3) is 2.15. The summed E-state index contributed by atoms with van der Waals surface area (Å²) in [5, 5.41) is 18.4. The second-order valence-electron chi connectivity index (χ2n) is 7.04. The molecule has 2 nitrogen and oxygen atoms in total.